The molecule has 1 aromatic heterocycles. The van der Waals surface area contributed by atoms with Crippen molar-refractivity contribution in [2.75, 3.05) is 20.1 Å². The third-order valence-electron chi connectivity index (χ3n) is 5.36. The minimum absolute atomic E-state index is 0.540. The molecular formula is C22H25NO2. The maximum absolute atomic E-state index is 10.7. The van der Waals surface area contributed by atoms with Gasteiger partial charge in [0.25, 0.3) is 0 Å². The zero-order valence-electron chi connectivity index (χ0n) is 14.7. The lowest BCUT2D eigenvalue weighted by atomic mass is 10.0. The zero-order valence-corrected chi connectivity index (χ0v) is 14.7. The van der Waals surface area contributed by atoms with Crippen LogP contribution in [0.2, 0.25) is 0 Å². The molecule has 0 spiro atoms. The van der Waals surface area contributed by atoms with Crippen LogP contribution in [0.15, 0.2) is 53.1 Å². The van der Waals surface area contributed by atoms with Crippen molar-refractivity contribution in [3.8, 4) is 0 Å². The Hall–Kier alpha value is -2.10. The number of para-hydroxylation sites is 1. The van der Waals surface area contributed by atoms with E-state index in [-0.39, 0.29) is 0 Å². The van der Waals surface area contributed by atoms with Gasteiger partial charge in [0.2, 0.25) is 0 Å². The summed E-state index contributed by atoms with van der Waals surface area (Å²) in [6.45, 7) is 1.55. The Labute approximate surface area is 148 Å². The van der Waals surface area contributed by atoms with Crippen LogP contribution in [0.3, 0.4) is 0 Å². The molecule has 25 heavy (non-hydrogen) atoms. The molecule has 0 fully saturated rings. The van der Waals surface area contributed by atoms with Gasteiger partial charge in [-0.2, -0.15) is 0 Å². The number of aliphatic hydroxyl groups excluding tert-OH is 1. The number of furan rings is 1. The molecule has 0 saturated heterocycles. The molecule has 3 heteroatoms. The predicted molar refractivity (Wildman–Crippen MR) is 101 cm³/mol. The van der Waals surface area contributed by atoms with E-state index in [9.17, 15) is 5.11 Å². The molecule has 1 N–H and O–H groups in total. The highest BCUT2D eigenvalue weighted by Gasteiger charge is 2.17. The van der Waals surface area contributed by atoms with Gasteiger partial charge in [-0.1, -0.05) is 36.4 Å². The average molecular weight is 335 g/mol. The van der Waals surface area contributed by atoms with Crippen LogP contribution < -0.4 is 0 Å². The Balaban J connectivity index is 1.40. The van der Waals surface area contributed by atoms with Gasteiger partial charge in [0.05, 0.1) is 12.4 Å². The van der Waals surface area contributed by atoms with Crippen LogP contribution >= 0.6 is 0 Å². The van der Waals surface area contributed by atoms with Crippen molar-refractivity contribution in [1.29, 1.82) is 0 Å². The van der Waals surface area contributed by atoms with Crippen molar-refractivity contribution < 1.29 is 9.52 Å². The van der Waals surface area contributed by atoms with E-state index in [1.54, 1.807) is 11.8 Å². The van der Waals surface area contributed by atoms with E-state index in [1.807, 2.05) is 24.3 Å². The van der Waals surface area contributed by atoms with Crippen molar-refractivity contribution in [3.05, 3.63) is 71.0 Å². The molecule has 130 valence electrons. The summed E-state index contributed by atoms with van der Waals surface area (Å²) in [5, 5.41) is 11.7. The molecule has 3 aromatic rings. The Kier molecular flexibility index (Phi) is 4.60. The number of hydrogen-bond acceptors (Lipinski definition) is 3. The lowest BCUT2D eigenvalue weighted by Gasteiger charge is -2.21. The van der Waals surface area contributed by atoms with Gasteiger partial charge >= 0.3 is 0 Å². The summed E-state index contributed by atoms with van der Waals surface area (Å²) in [5.41, 5.74) is 6.24. The van der Waals surface area contributed by atoms with Gasteiger partial charge < -0.3 is 14.4 Å². The lowest BCUT2D eigenvalue weighted by Crippen LogP contribution is -2.27. The fraction of sp³-hybridized carbons (Fsp3) is 0.364. The molecule has 1 aliphatic carbocycles. The van der Waals surface area contributed by atoms with E-state index in [2.05, 4.69) is 30.1 Å². The maximum Gasteiger partial charge on any atom is 0.139 e. The Morgan fingerprint density at radius 3 is 2.92 bits per heavy atom. The molecule has 0 amide bonds. The van der Waals surface area contributed by atoms with Gasteiger partial charge in [-0.25, -0.2) is 0 Å². The Morgan fingerprint density at radius 2 is 2.00 bits per heavy atom. The van der Waals surface area contributed by atoms with E-state index >= 15 is 0 Å². The van der Waals surface area contributed by atoms with Crippen molar-refractivity contribution in [2.45, 2.75) is 31.8 Å². The summed E-state index contributed by atoms with van der Waals surface area (Å²) in [6.07, 6.45) is 5.91. The number of hydrogen-bond donors (Lipinski definition) is 1. The van der Waals surface area contributed by atoms with Crippen LogP contribution in [0.1, 0.15) is 34.8 Å². The smallest absolute Gasteiger partial charge is 0.139 e. The highest BCUT2D eigenvalue weighted by Crippen LogP contribution is 2.27. The topological polar surface area (TPSA) is 36.6 Å². The number of likely N-dealkylation sites (N-methyl/N-ethyl adjacent to an activating group) is 1. The largest absolute Gasteiger partial charge is 0.464 e. The van der Waals surface area contributed by atoms with Gasteiger partial charge in [0.15, 0.2) is 0 Å². The molecule has 3 nitrogen and oxygen atoms in total. The molecule has 1 unspecified atom stereocenters. The van der Waals surface area contributed by atoms with E-state index in [1.165, 1.54) is 30.4 Å². The molecular weight excluding hydrogens is 310 g/mol. The summed E-state index contributed by atoms with van der Waals surface area (Å²) < 4.78 is 5.55. The highest BCUT2D eigenvalue weighted by atomic mass is 16.3. The SMILES string of the molecule is CN(CCc1cccc2c1CCC2)CC(O)c1cccc2ccoc12. The van der Waals surface area contributed by atoms with Crippen molar-refractivity contribution >= 4 is 11.0 Å². The fourth-order valence-corrected chi connectivity index (χ4v) is 4.01. The third-order valence-corrected chi connectivity index (χ3v) is 5.36. The normalized spacial score (nSPS) is 15.0. The first-order valence-corrected chi connectivity index (χ1v) is 9.15. The molecule has 2 aromatic carbocycles. The number of aliphatic hydroxyl groups is 1. The first-order valence-electron chi connectivity index (χ1n) is 9.15. The lowest BCUT2D eigenvalue weighted by molar-refractivity contribution is 0.128. The number of aryl methyl sites for hydroxylation is 1. The number of fused-ring (bicyclic) bond motifs is 2. The number of nitrogens with zero attached hydrogens (tertiary/aromatic N) is 1. The van der Waals surface area contributed by atoms with E-state index in [4.69, 9.17) is 4.42 Å². The second kappa shape index (κ2) is 7.03. The Bertz CT molecular complexity index is 867. The molecule has 0 aliphatic heterocycles. The molecule has 0 bridgehead atoms. The van der Waals surface area contributed by atoms with Crippen LogP contribution in [0.4, 0.5) is 0 Å². The van der Waals surface area contributed by atoms with Crippen LogP contribution in [0.5, 0.6) is 0 Å². The predicted octanol–water partition coefficient (Wildman–Crippen LogP) is 4.13. The van der Waals surface area contributed by atoms with Crippen molar-refractivity contribution in [2.24, 2.45) is 0 Å². The molecule has 0 radical (unpaired) electrons. The highest BCUT2D eigenvalue weighted by molar-refractivity contribution is 5.80. The minimum atomic E-state index is -0.540. The second-order valence-corrected chi connectivity index (χ2v) is 7.12. The molecule has 4 rings (SSSR count). The quantitative estimate of drug-likeness (QED) is 0.736. The summed E-state index contributed by atoms with van der Waals surface area (Å²) in [7, 11) is 2.08. The van der Waals surface area contributed by atoms with Crippen LogP contribution in [0.25, 0.3) is 11.0 Å². The first-order chi connectivity index (χ1) is 12.2. The summed E-state index contributed by atoms with van der Waals surface area (Å²) >= 11 is 0. The minimum Gasteiger partial charge on any atom is -0.464 e. The summed E-state index contributed by atoms with van der Waals surface area (Å²) in [6, 6.07) is 14.6. The molecule has 1 atom stereocenters. The first kappa shape index (κ1) is 16.4. The van der Waals surface area contributed by atoms with Crippen LogP contribution in [-0.2, 0) is 19.3 Å². The van der Waals surface area contributed by atoms with Crippen molar-refractivity contribution in [3.63, 3.8) is 0 Å². The average Bonchev–Trinajstić information content (AvgIpc) is 3.28. The van der Waals surface area contributed by atoms with Gasteiger partial charge in [-0.05, 0) is 55.5 Å². The fourth-order valence-electron chi connectivity index (χ4n) is 4.01. The van der Waals surface area contributed by atoms with Gasteiger partial charge in [0, 0.05) is 24.0 Å². The van der Waals surface area contributed by atoms with Crippen molar-refractivity contribution in [1.82, 2.24) is 4.90 Å². The summed E-state index contributed by atoms with van der Waals surface area (Å²) in [4.78, 5) is 2.21. The van der Waals surface area contributed by atoms with E-state index in [0.29, 0.717) is 6.54 Å². The number of rotatable bonds is 6. The monoisotopic (exact) mass is 335 g/mol. The zero-order chi connectivity index (χ0) is 17.2. The van der Waals surface area contributed by atoms with E-state index < -0.39 is 6.10 Å². The maximum atomic E-state index is 10.7. The van der Waals surface area contributed by atoms with E-state index in [0.717, 1.165) is 29.5 Å². The molecule has 0 saturated carbocycles. The van der Waals surface area contributed by atoms with Gasteiger partial charge in [0.1, 0.15) is 5.58 Å². The molecule has 1 aliphatic rings. The van der Waals surface area contributed by atoms with Crippen LogP contribution in [-0.4, -0.2) is 30.1 Å². The third kappa shape index (κ3) is 3.35. The molecule has 1 heterocycles. The second-order valence-electron chi connectivity index (χ2n) is 7.12. The number of benzene rings is 2. The Morgan fingerprint density at radius 1 is 1.12 bits per heavy atom. The van der Waals surface area contributed by atoms with Crippen LogP contribution in [0, 0.1) is 0 Å². The summed E-state index contributed by atoms with van der Waals surface area (Å²) in [5.74, 6) is 0. The van der Waals surface area contributed by atoms with Gasteiger partial charge in [-0.3, -0.25) is 0 Å². The van der Waals surface area contributed by atoms with Gasteiger partial charge in [-0.15, -0.1) is 0 Å². The standard InChI is InChI=1S/C22H25NO2/c1-23(13-11-17-6-2-5-16-7-3-9-19(16)17)15-21(24)20-10-4-8-18-12-14-25-22(18)20/h2,4-6,8,10,12,14,21,24H,3,7,9,11,13,15H2,1H3.